The zero-order chi connectivity index (χ0) is 14.9. The minimum Gasteiger partial charge on any atom is -0.508 e. The Morgan fingerprint density at radius 1 is 1.25 bits per heavy atom. The third kappa shape index (κ3) is 2.85. The number of nitrogens with one attached hydrogen (secondary N) is 1. The van der Waals surface area contributed by atoms with Crippen LogP contribution >= 0.6 is 15.9 Å². The summed E-state index contributed by atoms with van der Waals surface area (Å²) >= 11 is 3.33. The summed E-state index contributed by atoms with van der Waals surface area (Å²) in [6, 6.07) is 7.26. The first-order chi connectivity index (χ1) is 9.38. The lowest BCUT2D eigenvalue weighted by molar-refractivity contribution is 0.102. The predicted molar refractivity (Wildman–Crippen MR) is 81.0 cm³/mol. The van der Waals surface area contributed by atoms with Crippen LogP contribution in [0, 0.1) is 6.92 Å². The van der Waals surface area contributed by atoms with E-state index >= 15 is 0 Å². The Morgan fingerprint density at radius 3 is 2.60 bits per heavy atom. The third-order valence-corrected chi connectivity index (χ3v) is 3.35. The number of amides is 1. The molecule has 0 fully saturated rings. The number of phenols is 2. The molecule has 0 aromatic heterocycles. The van der Waals surface area contributed by atoms with Crippen LogP contribution in [0.5, 0.6) is 11.5 Å². The number of aryl methyl sites for hydroxylation is 1. The van der Waals surface area contributed by atoms with Gasteiger partial charge in [-0.15, -0.1) is 0 Å². The maximum atomic E-state index is 12.1. The minimum atomic E-state index is -0.561. The van der Waals surface area contributed by atoms with Crippen LogP contribution in [0.15, 0.2) is 34.8 Å². The summed E-state index contributed by atoms with van der Waals surface area (Å²) in [5, 5.41) is 21.6. The molecular weight excluding hydrogens is 324 g/mol. The Morgan fingerprint density at radius 2 is 1.95 bits per heavy atom. The van der Waals surface area contributed by atoms with Crippen LogP contribution in [0.3, 0.4) is 0 Å². The first kappa shape index (κ1) is 14.2. The quantitative estimate of drug-likeness (QED) is 0.500. The average Bonchev–Trinajstić information content (AvgIpc) is 2.36. The van der Waals surface area contributed by atoms with Crippen molar-refractivity contribution in [3.63, 3.8) is 0 Å². The van der Waals surface area contributed by atoms with Crippen LogP contribution in [-0.2, 0) is 0 Å². The van der Waals surface area contributed by atoms with E-state index in [4.69, 9.17) is 5.73 Å². The highest BCUT2D eigenvalue weighted by atomic mass is 79.9. The van der Waals surface area contributed by atoms with Gasteiger partial charge in [-0.3, -0.25) is 4.79 Å². The number of benzene rings is 2. The molecule has 0 saturated carbocycles. The number of nitrogen functional groups attached to an aromatic ring is 1. The Balaban J connectivity index is 2.35. The van der Waals surface area contributed by atoms with Crippen LogP contribution < -0.4 is 11.1 Å². The fraction of sp³-hybridized carbons (Fsp3) is 0.0714. The molecular formula is C14H13BrN2O3. The van der Waals surface area contributed by atoms with Gasteiger partial charge >= 0.3 is 0 Å². The standard InChI is InChI=1S/C14H13BrN2O3/c1-7-4-10(15)13(11(16)5-7)17-14(20)9-6-8(18)2-3-12(9)19/h2-6,18-19H,16H2,1H3,(H,17,20). The molecule has 1 amide bonds. The van der Waals surface area contributed by atoms with Crippen LogP contribution in [0.2, 0.25) is 0 Å². The fourth-order valence-electron chi connectivity index (χ4n) is 1.79. The van der Waals surface area contributed by atoms with Crippen molar-refractivity contribution < 1.29 is 15.0 Å². The van der Waals surface area contributed by atoms with Crippen LogP contribution in [0.25, 0.3) is 0 Å². The highest BCUT2D eigenvalue weighted by molar-refractivity contribution is 9.10. The lowest BCUT2D eigenvalue weighted by atomic mass is 10.1. The number of carbonyl (C=O) groups is 1. The highest BCUT2D eigenvalue weighted by Crippen LogP contribution is 2.31. The zero-order valence-corrected chi connectivity index (χ0v) is 12.2. The van der Waals surface area contributed by atoms with Crippen molar-refractivity contribution in [2.24, 2.45) is 0 Å². The first-order valence-electron chi connectivity index (χ1n) is 5.77. The Hall–Kier alpha value is -2.21. The largest absolute Gasteiger partial charge is 0.508 e. The lowest BCUT2D eigenvalue weighted by Crippen LogP contribution is -2.14. The predicted octanol–water partition coefficient (Wildman–Crippen LogP) is 3.00. The van der Waals surface area contributed by atoms with Gasteiger partial charge in [0.25, 0.3) is 5.91 Å². The number of carbonyl (C=O) groups excluding carboxylic acids is 1. The zero-order valence-electron chi connectivity index (χ0n) is 10.6. The molecule has 0 bridgehead atoms. The summed E-state index contributed by atoms with van der Waals surface area (Å²) in [7, 11) is 0. The molecule has 0 saturated heterocycles. The molecule has 0 unspecified atom stereocenters. The van der Waals surface area contributed by atoms with Gasteiger partial charge in [0.05, 0.1) is 16.9 Å². The van der Waals surface area contributed by atoms with E-state index in [0.29, 0.717) is 15.8 Å². The number of anilines is 2. The number of nitrogens with two attached hydrogens (primary N) is 1. The van der Waals surface area contributed by atoms with E-state index in [1.807, 2.05) is 13.0 Å². The van der Waals surface area contributed by atoms with Gasteiger partial charge in [0, 0.05) is 4.47 Å². The van der Waals surface area contributed by atoms with E-state index in [-0.39, 0.29) is 17.1 Å². The molecule has 0 atom stereocenters. The molecule has 0 aliphatic rings. The van der Waals surface area contributed by atoms with Gasteiger partial charge in [0.2, 0.25) is 0 Å². The van der Waals surface area contributed by atoms with Crippen LogP contribution in [0.4, 0.5) is 11.4 Å². The summed E-state index contributed by atoms with van der Waals surface area (Å²) in [6.07, 6.45) is 0. The Labute approximate surface area is 124 Å². The van der Waals surface area contributed by atoms with E-state index in [0.717, 1.165) is 5.56 Å². The second kappa shape index (κ2) is 5.42. The summed E-state index contributed by atoms with van der Waals surface area (Å²) < 4.78 is 0.642. The number of hydrogen-bond acceptors (Lipinski definition) is 4. The van der Waals surface area contributed by atoms with Gasteiger partial charge in [0.1, 0.15) is 11.5 Å². The van der Waals surface area contributed by atoms with E-state index in [1.165, 1.54) is 18.2 Å². The second-order valence-corrected chi connectivity index (χ2v) is 5.22. The van der Waals surface area contributed by atoms with Gasteiger partial charge < -0.3 is 21.3 Å². The maximum absolute atomic E-state index is 12.1. The number of halogens is 1. The first-order valence-corrected chi connectivity index (χ1v) is 6.56. The molecule has 6 heteroatoms. The molecule has 0 aliphatic carbocycles. The second-order valence-electron chi connectivity index (χ2n) is 4.37. The number of hydrogen-bond donors (Lipinski definition) is 4. The molecule has 0 radical (unpaired) electrons. The van der Waals surface area contributed by atoms with Gasteiger partial charge in [-0.25, -0.2) is 0 Å². The number of rotatable bonds is 2. The molecule has 20 heavy (non-hydrogen) atoms. The third-order valence-electron chi connectivity index (χ3n) is 2.73. The molecule has 2 aromatic rings. The SMILES string of the molecule is Cc1cc(N)c(NC(=O)c2cc(O)ccc2O)c(Br)c1. The van der Waals surface area contributed by atoms with Crippen molar-refractivity contribution in [1.29, 1.82) is 0 Å². The van der Waals surface area contributed by atoms with Crippen LogP contribution in [-0.4, -0.2) is 16.1 Å². The van der Waals surface area contributed by atoms with Gasteiger partial charge in [-0.05, 0) is 58.7 Å². The fourth-order valence-corrected chi connectivity index (χ4v) is 2.48. The van der Waals surface area contributed by atoms with Gasteiger partial charge in [-0.2, -0.15) is 0 Å². The number of phenolic OH excluding ortho intramolecular Hbond substituents is 2. The van der Waals surface area contributed by atoms with E-state index in [9.17, 15) is 15.0 Å². The molecule has 5 nitrogen and oxygen atoms in total. The molecule has 104 valence electrons. The van der Waals surface area contributed by atoms with Crippen molar-refractivity contribution in [3.8, 4) is 11.5 Å². The van der Waals surface area contributed by atoms with Crippen molar-refractivity contribution in [2.45, 2.75) is 6.92 Å². The van der Waals surface area contributed by atoms with Crippen molar-refractivity contribution in [1.82, 2.24) is 0 Å². The van der Waals surface area contributed by atoms with Gasteiger partial charge in [-0.1, -0.05) is 0 Å². The molecule has 2 rings (SSSR count). The van der Waals surface area contributed by atoms with E-state index < -0.39 is 5.91 Å². The van der Waals surface area contributed by atoms with Crippen molar-refractivity contribution in [2.75, 3.05) is 11.1 Å². The molecule has 2 aromatic carbocycles. The molecule has 0 heterocycles. The lowest BCUT2D eigenvalue weighted by Gasteiger charge is -2.12. The highest BCUT2D eigenvalue weighted by Gasteiger charge is 2.15. The summed E-state index contributed by atoms with van der Waals surface area (Å²) in [6.45, 7) is 1.88. The minimum absolute atomic E-state index is 0.0307. The van der Waals surface area contributed by atoms with Crippen molar-refractivity contribution >= 4 is 33.2 Å². The normalized spacial score (nSPS) is 10.3. The summed E-state index contributed by atoms with van der Waals surface area (Å²) in [5.74, 6) is -0.888. The molecule has 0 spiro atoms. The number of aromatic hydroxyl groups is 2. The summed E-state index contributed by atoms with van der Waals surface area (Å²) in [5.41, 5.74) is 7.61. The van der Waals surface area contributed by atoms with Crippen LogP contribution in [0.1, 0.15) is 15.9 Å². The summed E-state index contributed by atoms with van der Waals surface area (Å²) in [4.78, 5) is 12.1. The van der Waals surface area contributed by atoms with Crippen molar-refractivity contribution in [3.05, 3.63) is 45.9 Å². The molecule has 0 aliphatic heterocycles. The Bertz CT molecular complexity index is 663. The van der Waals surface area contributed by atoms with E-state index in [1.54, 1.807) is 6.07 Å². The Kier molecular flexibility index (Phi) is 3.85. The molecule has 5 N–H and O–H groups in total. The average molecular weight is 337 g/mol. The monoisotopic (exact) mass is 336 g/mol. The van der Waals surface area contributed by atoms with Gasteiger partial charge in [0.15, 0.2) is 0 Å². The maximum Gasteiger partial charge on any atom is 0.259 e. The topological polar surface area (TPSA) is 95.6 Å². The van der Waals surface area contributed by atoms with E-state index in [2.05, 4.69) is 21.2 Å². The smallest absolute Gasteiger partial charge is 0.259 e.